The highest BCUT2D eigenvalue weighted by molar-refractivity contribution is 7.89. The van der Waals surface area contributed by atoms with Crippen molar-refractivity contribution < 1.29 is 17.6 Å². The lowest BCUT2D eigenvalue weighted by Gasteiger charge is -2.19. The fourth-order valence-corrected chi connectivity index (χ4v) is 4.35. The molecule has 5 nitrogen and oxygen atoms in total. The van der Waals surface area contributed by atoms with Crippen LogP contribution >= 0.6 is 11.6 Å². The summed E-state index contributed by atoms with van der Waals surface area (Å²) in [6.07, 6.45) is 1.69. The maximum atomic E-state index is 13.7. The maximum Gasteiger partial charge on any atom is 0.245 e. The summed E-state index contributed by atoms with van der Waals surface area (Å²) in [5.41, 5.74) is 5.23. The fourth-order valence-electron chi connectivity index (χ4n) is 2.44. The van der Waals surface area contributed by atoms with Gasteiger partial charge in [0.2, 0.25) is 15.9 Å². The minimum Gasteiger partial charge on any atom is -0.369 e. The molecule has 1 amide bonds. The van der Waals surface area contributed by atoms with Gasteiger partial charge in [-0.1, -0.05) is 24.1 Å². The molecule has 0 spiro atoms. The van der Waals surface area contributed by atoms with Gasteiger partial charge in [0.1, 0.15) is 10.7 Å². The van der Waals surface area contributed by atoms with Gasteiger partial charge in [-0.05, 0) is 25.0 Å². The van der Waals surface area contributed by atoms with Gasteiger partial charge < -0.3 is 5.73 Å². The highest BCUT2D eigenvalue weighted by Crippen LogP contribution is 2.29. The summed E-state index contributed by atoms with van der Waals surface area (Å²) in [6, 6.07) is 3.01. The van der Waals surface area contributed by atoms with Gasteiger partial charge in [0, 0.05) is 6.04 Å². The molecule has 0 bridgehead atoms. The molecule has 1 saturated carbocycles. The Morgan fingerprint density at radius 3 is 2.70 bits per heavy atom. The van der Waals surface area contributed by atoms with Crippen LogP contribution in [0.5, 0.6) is 0 Å². The molecule has 3 N–H and O–H groups in total. The number of carbonyl (C=O) groups excluding carboxylic acids is 1. The third-order valence-electron chi connectivity index (χ3n) is 3.38. The van der Waals surface area contributed by atoms with Crippen molar-refractivity contribution in [2.24, 2.45) is 11.7 Å². The molecule has 0 aliphatic heterocycles. The van der Waals surface area contributed by atoms with Gasteiger partial charge in [-0.2, -0.15) is 0 Å². The van der Waals surface area contributed by atoms with Crippen molar-refractivity contribution in [1.29, 1.82) is 0 Å². The summed E-state index contributed by atoms with van der Waals surface area (Å²) < 4.78 is 40.4. The van der Waals surface area contributed by atoms with Gasteiger partial charge in [-0.3, -0.25) is 4.79 Å². The quantitative estimate of drug-likeness (QED) is 0.879. The standard InChI is InChI=1S/C12H14ClFN2O3S/c13-8-4-2-5-9(14)11(8)20(18,19)16-10-6-1-3-7(10)12(15)17/h2,4-5,7,10,16H,1,3,6H2,(H2,15,17). The average molecular weight is 321 g/mol. The number of nitrogens with one attached hydrogen (secondary N) is 1. The molecule has 1 aliphatic carbocycles. The molecule has 1 aromatic rings. The number of primary amides is 1. The Morgan fingerprint density at radius 1 is 1.40 bits per heavy atom. The third kappa shape index (κ3) is 2.94. The molecule has 2 rings (SSSR count). The second-order valence-corrected chi connectivity index (χ2v) is 6.78. The van der Waals surface area contributed by atoms with E-state index in [9.17, 15) is 17.6 Å². The normalized spacial score (nSPS) is 22.9. The number of rotatable bonds is 4. The Labute approximate surface area is 121 Å². The molecule has 0 heterocycles. The lowest BCUT2D eigenvalue weighted by molar-refractivity contribution is -0.122. The number of hydrogen-bond donors (Lipinski definition) is 2. The van der Waals surface area contributed by atoms with E-state index in [0.29, 0.717) is 19.3 Å². The Balaban J connectivity index is 2.30. The van der Waals surface area contributed by atoms with E-state index in [-0.39, 0.29) is 5.02 Å². The molecule has 0 aromatic heterocycles. The summed E-state index contributed by atoms with van der Waals surface area (Å²) in [6.45, 7) is 0. The Bertz CT molecular complexity index is 615. The summed E-state index contributed by atoms with van der Waals surface area (Å²) in [7, 11) is -4.14. The van der Waals surface area contributed by atoms with Crippen molar-refractivity contribution in [2.45, 2.75) is 30.2 Å². The zero-order chi connectivity index (χ0) is 14.9. The van der Waals surface area contributed by atoms with E-state index in [0.717, 1.165) is 6.07 Å². The van der Waals surface area contributed by atoms with Gasteiger partial charge in [-0.25, -0.2) is 17.5 Å². The van der Waals surface area contributed by atoms with Gasteiger partial charge in [0.15, 0.2) is 0 Å². The van der Waals surface area contributed by atoms with E-state index in [1.54, 1.807) is 0 Å². The molecular formula is C12H14ClFN2O3S. The van der Waals surface area contributed by atoms with Crippen molar-refractivity contribution in [3.63, 3.8) is 0 Å². The van der Waals surface area contributed by atoms with Crippen molar-refractivity contribution in [3.8, 4) is 0 Å². The first-order valence-corrected chi connectivity index (χ1v) is 7.94. The number of halogens is 2. The van der Waals surface area contributed by atoms with Crippen LogP contribution in [0.15, 0.2) is 23.1 Å². The van der Waals surface area contributed by atoms with Crippen molar-refractivity contribution in [2.75, 3.05) is 0 Å². The van der Waals surface area contributed by atoms with E-state index in [4.69, 9.17) is 17.3 Å². The van der Waals surface area contributed by atoms with Gasteiger partial charge in [-0.15, -0.1) is 0 Å². The van der Waals surface area contributed by atoms with E-state index < -0.39 is 38.6 Å². The summed E-state index contributed by atoms with van der Waals surface area (Å²) in [4.78, 5) is 10.7. The Kier molecular flexibility index (Phi) is 4.31. The van der Waals surface area contributed by atoms with Crippen molar-refractivity contribution >= 4 is 27.5 Å². The Hall–Kier alpha value is -1.18. The lowest BCUT2D eigenvalue weighted by atomic mass is 10.0. The second kappa shape index (κ2) is 5.67. The van der Waals surface area contributed by atoms with Crippen molar-refractivity contribution in [3.05, 3.63) is 29.0 Å². The average Bonchev–Trinajstić information content (AvgIpc) is 2.75. The van der Waals surface area contributed by atoms with Crippen LogP contribution in [-0.4, -0.2) is 20.4 Å². The molecule has 1 aromatic carbocycles. The molecule has 110 valence electrons. The highest BCUT2D eigenvalue weighted by Gasteiger charge is 2.36. The summed E-state index contributed by atoms with van der Waals surface area (Å²) >= 11 is 5.75. The summed E-state index contributed by atoms with van der Waals surface area (Å²) in [5, 5.41) is -0.203. The smallest absolute Gasteiger partial charge is 0.245 e. The van der Waals surface area contributed by atoms with E-state index in [1.807, 2.05) is 0 Å². The van der Waals surface area contributed by atoms with Gasteiger partial charge in [0.25, 0.3) is 0 Å². The Morgan fingerprint density at radius 2 is 2.10 bits per heavy atom. The molecule has 2 atom stereocenters. The third-order valence-corrected chi connectivity index (χ3v) is 5.37. The van der Waals surface area contributed by atoms with E-state index >= 15 is 0 Å². The molecule has 1 aliphatic rings. The monoisotopic (exact) mass is 320 g/mol. The minimum absolute atomic E-state index is 0.203. The predicted molar refractivity (Wildman–Crippen MR) is 72.1 cm³/mol. The topological polar surface area (TPSA) is 89.3 Å². The number of amides is 1. The van der Waals surface area contributed by atoms with Crippen LogP contribution in [0.25, 0.3) is 0 Å². The first kappa shape index (κ1) is 15.2. The number of nitrogens with two attached hydrogens (primary N) is 1. The van der Waals surface area contributed by atoms with Crippen LogP contribution in [-0.2, 0) is 14.8 Å². The van der Waals surface area contributed by atoms with Crippen LogP contribution in [0.4, 0.5) is 4.39 Å². The molecule has 20 heavy (non-hydrogen) atoms. The maximum absolute atomic E-state index is 13.7. The zero-order valence-corrected chi connectivity index (χ0v) is 12.0. The molecule has 1 fully saturated rings. The van der Waals surface area contributed by atoms with Gasteiger partial charge in [0.05, 0.1) is 10.9 Å². The van der Waals surface area contributed by atoms with Crippen LogP contribution in [0.1, 0.15) is 19.3 Å². The summed E-state index contributed by atoms with van der Waals surface area (Å²) in [5.74, 6) is -2.07. The predicted octanol–water partition coefficient (Wildman–Crippen LogP) is 1.41. The molecule has 0 radical (unpaired) electrons. The molecular weight excluding hydrogens is 307 g/mol. The van der Waals surface area contributed by atoms with Crippen LogP contribution in [0.3, 0.4) is 0 Å². The second-order valence-electron chi connectivity index (χ2n) is 4.72. The largest absolute Gasteiger partial charge is 0.369 e. The number of carbonyl (C=O) groups is 1. The number of benzene rings is 1. The van der Waals surface area contributed by atoms with Crippen LogP contribution in [0.2, 0.25) is 5.02 Å². The molecule has 0 saturated heterocycles. The van der Waals surface area contributed by atoms with E-state index in [2.05, 4.69) is 4.72 Å². The number of sulfonamides is 1. The first-order chi connectivity index (χ1) is 9.33. The SMILES string of the molecule is NC(=O)C1CCCC1NS(=O)(=O)c1c(F)cccc1Cl. The number of hydrogen-bond acceptors (Lipinski definition) is 3. The van der Waals surface area contributed by atoms with Crippen LogP contribution < -0.4 is 10.5 Å². The molecule has 8 heteroatoms. The molecule has 2 unspecified atom stereocenters. The highest BCUT2D eigenvalue weighted by atomic mass is 35.5. The van der Waals surface area contributed by atoms with Crippen molar-refractivity contribution in [1.82, 2.24) is 4.72 Å². The van der Waals surface area contributed by atoms with Gasteiger partial charge >= 0.3 is 0 Å². The first-order valence-electron chi connectivity index (χ1n) is 6.08. The zero-order valence-electron chi connectivity index (χ0n) is 10.5. The minimum atomic E-state index is -4.14. The fraction of sp³-hybridized carbons (Fsp3) is 0.417. The van der Waals surface area contributed by atoms with E-state index in [1.165, 1.54) is 12.1 Å². The van der Waals surface area contributed by atoms with Crippen LogP contribution in [0, 0.1) is 11.7 Å². The lowest BCUT2D eigenvalue weighted by Crippen LogP contribution is -2.42.